The van der Waals surface area contributed by atoms with Crippen molar-refractivity contribution in [1.29, 1.82) is 0 Å². The lowest BCUT2D eigenvalue weighted by atomic mass is 10.2. The lowest BCUT2D eigenvalue weighted by Crippen LogP contribution is -1.73. The summed E-state index contributed by atoms with van der Waals surface area (Å²) < 4.78 is 12.2. The van der Waals surface area contributed by atoms with Crippen molar-refractivity contribution >= 4 is 6.08 Å². The largest absolute Gasteiger partial charge is 0.207 e. The van der Waals surface area contributed by atoms with Gasteiger partial charge in [-0.2, -0.15) is 0 Å². The molecule has 0 fully saturated rings. The fraction of sp³-hybridized carbons (Fsp3) is 0. The van der Waals surface area contributed by atoms with E-state index in [1.54, 1.807) is 12.1 Å². The highest BCUT2D eigenvalue weighted by Crippen LogP contribution is 2.01. The summed E-state index contributed by atoms with van der Waals surface area (Å²) in [4.78, 5) is 0. The lowest BCUT2D eigenvalue weighted by Gasteiger charge is -1.87. The Morgan fingerprint density at radius 1 is 1.56 bits per heavy atom. The van der Waals surface area contributed by atoms with Crippen LogP contribution in [-0.2, 0) is 0 Å². The van der Waals surface area contributed by atoms with E-state index in [4.69, 9.17) is 0 Å². The normalized spacial score (nSPS) is 9.00. The topological polar surface area (TPSA) is 0 Å². The SMILES string of the molecule is C=Cc1[c]cc(F)cc1. The number of benzene rings is 1. The van der Waals surface area contributed by atoms with Crippen molar-refractivity contribution in [3.63, 3.8) is 0 Å². The molecule has 1 aromatic rings. The van der Waals surface area contributed by atoms with Crippen molar-refractivity contribution < 1.29 is 4.39 Å². The first-order valence-corrected chi connectivity index (χ1v) is 2.62. The van der Waals surface area contributed by atoms with E-state index in [2.05, 4.69) is 12.6 Å². The minimum atomic E-state index is -0.263. The third-order valence-corrected chi connectivity index (χ3v) is 1.02. The van der Waals surface area contributed by atoms with E-state index >= 15 is 0 Å². The number of rotatable bonds is 1. The smallest absolute Gasteiger partial charge is 0.123 e. The highest BCUT2D eigenvalue weighted by Gasteiger charge is 1.86. The van der Waals surface area contributed by atoms with E-state index in [1.165, 1.54) is 12.1 Å². The summed E-state index contributed by atoms with van der Waals surface area (Å²) >= 11 is 0. The van der Waals surface area contributed by atoms with Crippen LogP contribution in [0, 0.1) is 11.9 Å². The summed E-state index contributed by atoms with van der Waals surface area (Å²) in [5.41, 5.74) is 0.816. The number of hydrogen-bond donors (Lipinski definition) is 0. The molecule has 0 spiro atoms. The molecular weight excluding hydrogens is 115 g/mol. The summed E-state index contributed by atoms with van der Waals surface area (Å²) in [6.45, 7) is 3.51. The van der Waals surface area contributed by atoms with Crippen LogP contribution in [0.2, 0.25) is 0 Å². The number of hydrogen-bond acceptors (Lipinski definition) is 0. The molecule has 45 valence electrons. The first-order chi connectivity index (χ1) is 4.33. The van der Waals surface area contributed by atoms with Crippen molar-refractivity contribution in [1.82, 2.24) is 0 Å². The highest BCUT2D eigenvalue weighted by molar-refractivity contribution is 5.45. The molecule has 0 amide bonds. The van der Waals surface area contributed by atoms with Crippen molar-refractivity contribution in [2.24, 2.45) is 0 Å². The fourth-order valence-electron chi connectivity index (χ4n) is 0.545. The monoisotopic (exact) mass is 121 g/mol. The maximum absolute atomic E-state index is 12.2. The molecule has 0 aliphatic rings. The Morgan fingerprint density at radius 3 is 2.78 bits per heavy atom. The summed E-state index contributed by atoms with van der Waals surface area (Å²) in [6.07, 6.45) is 1.62. The maximum atomic E-state index is 12.2. The van der Waals surface area contributed by atoms with Crippen molar-refractivity contribution in [2.75, 3.05) is 0 Å². The van der Waals surface area contributed by atoms with E-state index in [0.717, 1.165) is 5.56 Å². The first kappa shape index (κ1) is 6.02. The van der Waals surface area contributed by atoms with Crippen molar-refractivity contribution in [3.8, 4) is 0 Å². The average molecular weight is 121 g/mol. The summed E-state index contributed by atoms with van der Waals surface area (Å²) in [7, 11) is 0. The molecule has 1 heteroatoms. The van der Waals surface area contributed by atoms with Crippen LogP contribution in [0.15, 0.2) is 24.8 Å². The molecule has 0 N–H and O–H groups in total. The van der Waals surface area contributed by atoms with Crippen LogP contribution < -0.4 is 0 Å². The predicted molar refractivity (Wildman–Crippen MR) is 35.3 cm³/mol. The Bertz CT molecular complexity index is 198. The van der Waals surface area contributed by atoms with E-state index in [-0.39, 0.29) is 5.82 Å². The van der Waals surface area contributed by atoms with Crippen LogP contribution >= 0.6 is 0 Å². The number of halogens is 1. The molecular formula is C8H6F. The molecule has 0 aliphatic carbocycles. The second kappa shape index (κ2) is 2.44. The molecule has 0 atom stereocenters. The molecule has 0 nitrogen and oxygen atoms in total. The van der Waals surface area contributed by atoms with Gasteiger partial charge in [-0.15, -0.1) is 0 Å². The summed E-state index contributed by atoms with van der Waals surface area (Å²) in [5.74, 6) is -0.263. The molecule has 0 aromatic heterocycles. The van der Waals surface area contributed by atoms with Crippen LogP contribution in [0.5, 0.6) is 0 Å². The standard InChI is InChI=1S/C8H6F/c1-2-7-3-5-8(9)6-4-7/h2-3,5-6H,1H2. The Kier molecular flexibility index (Phi) is 1.63. The molecule has 1 aromatic carbocycles. The van der Waals surface area contributed by atoms with Gasteiger partial charge in [0.15, 0.2) is 0 Å². The van der Waals surface area contributed by atoms with Crippen molar-refractivity contribution in [2.45, 2.75) is 0 Å². The molecule has 1 rings (SSSR count). The molecule has 0 saturated carbocycles. The van der Waals surface area contributed by atoms with Gasteiger partial charge in [0.05, 0.1) is 0 Å². The van der Waals surface area contributed by atoms with Crippen molar-refractivity contribution in [3.05, 3.63) is 42.2 Å². The quantitative estimate of drug-likeness (QED) is 0.534. The van der Waals surface area contributed by atoms with E-state index in [9.17, 15) is 4.39 Å². The Labute approximate surface area is 53.6 Å². The van der Waals surface area contributed by atoms with Gasteiger partial charge in [-0.05, 0) is 23.8 Å². The van der Waals surface area contributed by atoms with Crippen LogP contribution in [-0.4, -0.2) is 0 Å². The first-order valence-electron chi connectivity index (χ1n) is 2.62. The van der Waals surface area contributed by atoms with Gasteiger partial charge in [-0.25, -0.2) is 4.39 Å². The lowest BCUT2D eigenvalue weighted by molar-refractivity contribution is 0.627. The molecule has 0 unspecified atom stereocenters. The van der Waals surface area contributed by atoms with Crippen LogP contribution in [0.25, 0.3) is 6.08 Å². The zero-order valence-electron chi connectivity index (χ0n) is 4.89. The molecule has 0 bridgehead atoms. The van der Waals surface area contributed by atoms with E-state index in [1.807, 2.05) is 0 Å². The average Bonchev–Trinajstić information content (AvgIpc) is 1.90. The molecule has 0 aliphatic heterocycles. The zero-order valence-corrected chi connectivity index (χ0v) is 4.89. The molecule has 0 heterocycles. The maximum Gasteiger partial charge on any atom is 0.123 e. The van der Waals surface area contributed by atoms with E-state index < -0.39 is 0 Å². The molecule has 1 radical (unpaired) electrons. The van der Waals surface area contributed by atoms with E-state index in [0.29, 0.717) is 0 Å². The minimum absolute atomic E-state index is 0.263. The van der Waals surface area contributed by atoms with Gasteiger partial charge in [-0.1, -0.05) is 18.7 Å². The van der Waals surface area contributed by atoms with Gasteiger partial charge in [0, 0.05) is 0 Å². The zero-order chi connectivity index (χ0) is 6.69. The van der Waals surface area contributed by atoms with Crippen LogP contribution in [0.3, 0.4) is 0 Å². The minimum Gasteiger partial charge on any atom is -0.207 e. The Balaban J connectivity index is 3.01. The van der Waals surface area contributed by atoms with Gasteiger partial charge in [0.1, 0.15) is 5.82 Å². The van der Waals surface area contributed by atoms with Gasteiger partial charge >= 0.3 is 0 Å². The second-order valence-electron chi connectivity index (χ2n) is 1.67. The summed E-state index contributed by atoms with van der Waals surface area (Å²) in [5, 5.41) is 0. The van der Waals surface area contributed by atoms with Gasteiger partial charge in [0.25, 0.3) is 0 Å². The second-order valence-corrected chi connectivity index (χ2v) is 1.67. The fourth-order valence-corrected chi connectivity index (χ4v) is 0.545. The third kappa shape index (κ3) is 1.39. The highest BCUT2D eigenvalue weighted by atomic mass is 19.1. The van der Waals surface area contributed by atoms with Gasteiger partial charge in [-0.3, -0.25) is 0 Å². The predicted octanol–water partition coefficient (Wildman–Crippen LogP) is 2.27. The Morgan fingerprint density at radius 2 is 2.33 bits per heavy atom. The molecule has 9 heavy (non-hydrogen) atoms. The third-order valence-electron chi connectivity index (χ3n) is 1.02. The van der Waals surface area contributed by atoms with Gasteiger partial charge in [0.2, 0.25) is 0 Å². The Hall–Kier alpha value is -1.11. The molecule has 0 saturated heterocycles. The summed E-state index contributed by atoms with van der Waals surface area (Å²) in [6, 6.07) is 6.99. The van der Waals surface area contributed by atoms with Crippen LogP contribution in [0.4, 0.5) is 4.39 Å². The van der Waals surface area contributed by atoms with Gasteiger partial charge < -0.3 is 0 Å². The van der Waals surface area contributed by atoms with Crippen LogP contribution in [0.1, 0.15) is 5.56 Å².